The third kappa shape index (κ3) is 1.94. The highest BCUT2D eigenvalue weighted by atomic mass is 35.5. The lowest BCUT2D eigenvalue weighted by Crippen LogP contribution is -1.96. The van der Waals surface area contributed by atoms with E-state index in [0.717, 1.165) is 15.9 Å². The van der Waals surface area contributed by atoms with E-state index in [1.165, 1.54) is 11.5 Å². The fraction of sp³-hybridized carbons (Fsp3) is 0.111. The van der Waals surface area contributed by atoms with Gasteiger partial charge in [-0.2, -0.15) is 14.5 Å². The van der Waals surface area contributed by atoms with Crippen molar-refractivity contribution in [2.45, 2.75) is 6.92 Å². The molecular formula is C9H7ClN6S. The molecule has 3 aromatic heterocycles. The molecule has 0 bridgehead atoms. The molecule has 0 radical (unpaired) electrons. The van der Waals surface area contributed by atoms with E-state index >= 15 is 0 Å². The number of rotatable bonds is 2. The van der Waals surface area contributed by atoms with Gasteiger partial charge in [-0.3, -0.25) is 5.10 Å². The Labute approximate surface area is 105 Å². The van der Waals surface area contributed by atoms with Crippen LogP contribution in [0.15, 0.2) is 12.3 Å². The Kier molecular flexibility index (Phi) is 2.41. The average Bonchev–Trinajstić information content (AvgIpc) is 2.87. The van der Waals surface area contributed by atoms with Gasteiger partial charge in [0.05, 0.1) is 11.6 Å². The van der Waals surface area contributed by atoms with Crippen molar-refractivity contribution >= 4 is 45.0 Å². The quantitative estimate of drug-likeness (QED) is 0.697. The van der Waals surface area contributed by atoms with Gasteiger partial charge in [0.1, 0.15) is 5.82 Å². The summed E-state index contributed by atoms with van der Waals surface area (Å²) in [7, 11) is 0. The van der Waals surface area contributed by atoms with Gasteiger partial charge < -0.3 is 5.32 Å². The summed E-state index contributed by atoms with van der Waals surface area (Å²) >= 11 is 7.12. The number of hydrogen-bond acceptors (Lipinski definition) is 6. The number of fused-ring (bicyclic) bond motifs is 1. The molecule has 0 aromatic carbocycles. The largest absolute Gasteiger partial charge is 0.323 e. The van der Waals surface area contributed by atoms with Crippen LogP contribution in [0.4, 0.5) is 11.6 Å². The van der Waals surface area contributed by atoms with Gasteiger partial charge in [-0.25, -0.2) is 4.98 Å². The fourth-order valence-corrected chi connectivity index (χ4v) is 2.29. The van der Waals surface area contributed by atoms with Crippen LogP contribution < -0.4 is 5.32 Å². The number of anilines is 2. The van der Waals surface area contributed by atoms with E-state index in [0.29, 0.717) is 11.6 Å². The minimum Gasteiger partial charge on any atom is -0.323 e. The molecule has 0 fully saturated rings. The van der Waals surface area contributed by atoms with Crippen LogP contribution in [0.3, 0.4) is 0 Å². The monoisotopic (exact) mass is 266 g/mol. The zero-order chi connectivity index (χ0) is 11.8. The van der Waals surface area contributed by atoms with Gasteiger partial charge in [0.2, 0.25) is 5.28 Å². The second kappa shape index (κ2) is 3.94. The van der Waals surface area contributed by atoms with Crippen molar-refractivity contribution < 1.29 is 0 Å². The van der Waals surface area contributed by atoms with Crippen LogP contribution in [-0.2, 0) is 0 Å². The number of hydrogen-bond donors (Lipinski definition) is 2. The van der Waals surface area contributed by atoms with Gasteiger partial charge in [0.25, 0.3) is 0 Å². The predicted octanol–water partition coefficient (Wildman–Crippen LogP) is 2.51. The van der Waals surface area contributed by atoms with Crippen LogP contribution in [-0.4, -0.2) is 24.5 Å². The molecule has 0 aliphatic rings. The number of aromatic nitrogens is 5. The van der Waals surface area contributed by atoms with Crippen LogP contribution in [0, 0.1) is 6.92 Å². The molecule has 2 N–H and O–H groups in total. The molecule has 0 amide bonds. The Morgan fingerprint density at radius 3 is 3.06 bits per heavy atom. The Bertz CT molecular complexity index is 675. The molecule has 0 unspecified atom stereocenters. The van der Waals surface area contributed by atoms with Gasteiger partial charge in [0.15, 0.2) is 10.6 Å². The lowest BCUT2D eigenvalue weighted by atomic mass is 10.4. The molecule has 0 aliphatic carbocycles. The molecule has 0 saturated heterocycles. The van der Waals surface area contributed by atoms with E-state index in [9.17, 15) is 0 Å². The van der Waals surface area contributed by atoms with Crippen molar-refractivity contribution in [2.24, 2.45) is 0 Å². The zero-order valence-corrected chi connectivity index (χ0v) is 10.3. The van der Waals surface area contributed by atoms with Crippen molar-refractivity contribution in [1.29, 1.82) is 0 Å². The van der Waals surface area contributed by atoms with E-state index in [1.54, 1.807) is 6.20 Å². The average molecular weight is 267 g/mol. The number of halogens is 1. The fourth-order valence-electron chi connectivity index (χ4n) is 1.44. The highest BCUT2D eigenvalue weighted by Gasteiger charge is 2.09. The summed E-state index contributed by atoms with van der Waals surface area (Å²) in [6, 6.07) is 1.88. The lowest BCUT2D eigenvalue weighted by Gasteiger charge is -2.02. The first-order valence-electron chi connectivity index (χ1n) is 4.79. The number of aromatic amines is 1. The summed E-state index contributed by atoms with van der Waals surface area (Å²) in [4.78, 5) is 8.97. The number of nitrogens with zero attached hydrogens (tertiary/aromatic N) is 4. The molecule has 86 valence electrons. The van der Waals surface area contributed by atoms with Crippen LogP contribution in [0.5, 0.6) is 0 Å². The van der Waals surface area contributed by atoms with Crippen molar-refractivity contribution in [3.63, 3.8) is 0 Å². The molecule has 3 heterocycles. The third-order valence-electron chi connectivity index (χ3n) is 2.16. The van der Waals surface area contributed by atoms with E-state index in [2.05, 4.69) is 29.9 Å². The normalized spacial score (nSPS) is 10.9. The second-order valence-electron chi connectivity index (χ2n) is 3.45. The van der Waals surface area contributed by atoms with Crippen LogP contribution in [0.25, 0.3) is 10.2 Å². The zero-order valence-electron chi connectivity index (χ0n) is 8.73. The van der Waals surface area contributed by atoms with Crippen molar-refractivity contribution in [3.8, 4) is 0 Å². The van der Waals surface area contributed by atoms with Crippen LogP contribution >= 0.6 is 23.1 Å². The summed E-state index contributed by atoms with van der Waals surface area (Å²) < 4.78 is 4.06. The number of aryl methyl sites for hydroxylation is 1. The van der Waals surface area contributed by atoms with Crippen molar-refractivity contribution in [3.05, 3.63) is 23.2 Å². The highest BCUT2D eigenvalue weighted by molar-refractivity contribution is 7.12. The summed E-state index contributed by atoms with van der Waals surface area (Å²) in [6.07, 6.45) is 1.71. The molecule has 0 atom stereocenters. The SMILES string of the molecule is Cc1cc(Nc2nc(Cl)nc3sncc23)n[nH]1. The maximum atomic E-state index is 5.84. The Morgan fingerprint density at radius 1 is 1.41 bits per heavy atom. The maximum Gasteiger partial charge on any atom is 0.225 e. The van der Waals surface area contributed by atoms with Gasteiger partial charge in [0, 0.05) is 11.8 Å². The summed E-state index contributed by atoms with van der Waals surface area (Å²) in [5.74, 6) is 1.30. The minimum absolute atomic E-state index is 0.191. The molecule has 0 saturated carbocycles. The number of H-pyrrole nitrogens is 1. The van der Waals surface area contributed by atoms with Crippen molar-refractivity contribution in [2.75, 3.05) is 5.32 Å². The van der Waals surface area contributed by atoms with E-state index in [4.69, 9.17) is 11.6 Å². The van der Waals surface area contributed by atoms with Gasteiger partial charge >= 0.3 is 0 Å². The smallest absolute Gasteiger partial charge is 0.225 e. The highest BCUT2D eigenvalue weighted by Crippen LogP contribution is 2.26. The molecule has 6 nitrogen and oxygen atoms in total. The third-order valence-corrected chi connectivity index (χ3v) is 3.02. The van der Waals surface area contributed by atoms with Gasteiger partial charge in [-0.1, -0.05) is 0 Å². The Hall–Kier alpha value is -1.73. The van der Waals surface area contributed by atoms with Gasteiger partial charge in [-0.15, -0.1) is 0 Å². The lowest BCUT2D eigenvalue weighted by molar-refractivity contribution is 1.05. The molecule has 0 spiro atoms. The van der Waals surface area contributed by atoms with Crippen LogP contribution in [0.2, 0.25) is 5.28 Å². The van der Waals surface area contributed by atoms with E-state index < -0.39 is 0 Å². The van der Waals surface area contributed by atoms with Crippen LogP contribution in [0.1, 0.15) is 5.69 Å². The molecule has 17 heavy (non-hydrogen) atoms. The van der Waals surface area contributed by atoms with E-state index in [-0.39, 0.29) is 5.28 Å². The second-order valence-corrected chi connectivity index (χ2v) is 4.57. The predicted molar refractivity (Wildman–Crippen MR) is 66.8 cm³/mol. The topological polar surface area (TPSA) is 79.4 Å². The maximum absolute atomic E-state index is 5.84. The first kappa shape index (κ1) is 10.4. The Balaban J connectivity index is 2.07. The molecule has 3 aromatic rings. The standard InChI is InChI=1S/C9H7ClN6S/c1-4-2-6(16-15-4)12-7-5-3-11-17-8(5)14-9(10)13-7/h2-3H,1H3,(H2,12,13,14,15,16). The summed E-state index contributed by atoms with van der Waals surface area (Å²) in [5.41, 5.74) is 0.965. The number of nitrogens with one attached hydrogen (secondary N) is 2. The summed E-state index contributed by atoms with van der Waals surface area (Å²) in [6.45, 7) is 1.92. The summed E-state index contributed by atoms with van der Waals surface area (Å²) in [5, 5.41) is 11.0. The molecular weight excluding hydrogens is 260 g/mol. The molecule has 3 rings (SSSR count). The van der Waals surface area contributed by atoms with Gasteiger partial charge in [-0.05, 0) is 30.1 Å². The first-order valence-corrected chi connectivity index (χ1v) is 5.94. The molecule has 0 aliphatic heterocycles. The van der Waals surface area contributed by atoms with Crippen molar-refractivity contribution in [1.82, 2.24) is 24.5 Å². The first-order chi connectivity index (χ1) is 8.22. The van der Waals surface area contributed by atoms with E-state index in [1.807, 2.05) is 13.0 Å². The molecule has 8 heteroatoms. The minimum atomic E-state index is 0.191. The Morgan fingerprint density at radius 2 is 2.29 bits per heavy atom.